The molecule has 0 saturated carbocycles. The molecule has 0 spiro atoms. The first-order valence-corrected chi connectivity index (χ1v) is 6.98. The lowest BCUT2D eigenvalue weighted by Gasteiger charge is -2.18. The summed E-state index contributed by atoms with van der Waals surface area (Å²) in [5.74, 6) is 0. The van der Waals surface area contributed by atoms with E-state index in [0.29, 0.717) is 5.69 Å². The van der Waals surface area contributed by atoms with Crippen molar-refractivity contribution in [1.82, 2.24) is 0 Å². The van der Waals surface area contributed by atoms with Crippen LogP contribution in [0.2, 0.25) is 0 Å². The van der Waals surface area contributed by atoms with E-state index in [1.165, 1.54) is 4.08 Å². The molecule has 88 valence electrons. The molecule has 0 bridgehead atoms. The monoisotopic (exact) mass is 265 g/mol. The van der Waals surface area contributed by atoms with Crippen molar-refractivity contribution in [3.05, 3.63) is 60.7 Å². The highest BCUT2D eigenvalue weighted by Gasteiger charge is 2.20. The zero-order valence-corrected chi connectivity index (χ0v) is 11.0. The van der Waals surface area contributed by atoms with Crippen molar-refractivity contribution in [3.63, 3.8) is 0 Å². The Kier molecular flexibility index (Phi) is 3.46. The Labute approximate surface area is 103 Å². The number of nitrogens with zero attached hydrogens (tertiary/aromatic N) is 1. The van der Waals surface area contributed by atoms with E-state index >= 15 is 0 Å². The molecule has 17 heavy (non-hydrogen) atoms. The minimum atomic E-state index is -3.50. The first kappa shape index (κ1) is 12.1. The van der Waals surface area contributed by atoms with Gasteiger partial charge in [-0.25, -0.2) is 8.42 Å². The van der Waals surface area contributed by atoms with Crippen LogP contribution in [0, 0.1) is 0 Å². The predicted molar refractivity (Wildman–Crippen MR) is 72.3 cm³/mol. The lowest BCUT2D eigenvalue weighted by atomic mass is 10.3. The van der Waals surface area contributed by atoms with Gasteiger partial charge in [0.1, 0.15) is 0 Å². The van der Waals surface area contributed by atoms with Crippen molar-refractivity contribution in [2.24, 2.45) is 0 Å². The van der Waals surface area contributed by atoms with Gasteiger partial charge in [0.25, 0.3) is 10.0 Å². The van der Waals surface area contributed by atoms with Crippen LogP contribution in [-0.2, 0) is 10.0 Å². The zero-order valence-electron chi connectivity index (χ0n) is 9.02. The molecule has 0 heterocycles. The Bertz CT molecular complexity index is 584. The van der Waals surface area contributed by atoms with Gasteiger partial charge in [-0.05, 0) is 33.7 Å². The van der Waals surface area contributed by atoms with E-state index < -0.39 is 10.0 Å². The van der Waals surface area contributed by atoms with Gasteiger partial charge in [-0.2, -0.15) is 0 Å². The molecular weight excluding hydrogens is 253 g/mol. The third-order valence-corrected chi connectivity index (χ3v) is 5.04. The smallest absolute Gasteiger partial charge is 0.251 e. The molecule has 1 unspecified atom stereocenters. The standard InChI is InChI=1S/C12H12NO2PS/c14-17(15,12-9-5-2-6-10-12)13(16)11-7-3-1-4-8-11/h1-10H,16H2. The second-order valence-electron chi connectivity index (χ2n) is 3.45. The minimum Gasteiger partial charge on any atom is -0.251 e. The van der Waals surface area contributed by atoms with Gasteiger partial charge in [-0.15, -0.1) is 0 Å². The Hall–Kier alpha value is -1.38. The molecule has 0 amide bonds. The van der Waals surface area contributed by atoms with Crippen LogP contribution >= 0.6 is 9.39 Å². The summed E-state index contributed by atoms with van der Waals surface area (Å²) in [5, 5.41) is 0. The summed E-state index contributed by atoms with van der Waals surface area (Å²) in [5.41, 5.74) is 0.612. The van der Waals surface area contributed by atoms with Gasteiger partial charge in [0.15, 0.2) is 0 Å². The van der Waals surface area contributed by atoms with E-state index in [2.05, 4.69) is 9.39 Å². The molecule has 0 aliphatic heterocycles. The maximum Gasteiger partial charge on any atom is 0.266 e. The quantitative estimate of drug-likeness (QED) is 0.800. The SMILES string of the molecule is O=S(=O)(c1ccccc1)N(P)c1ccccc1. The molecular formula is C12H12NO2PS. The van der Waals surface area contributed by atoms with Gasteiger partial charge in [0, 0.05) is 0 Å². The van der Waals surface area contributed by atoms with E-state index in [4.69, 9.17) is 0 Å². The summed E-state index contributed by atoms with van der Waals surface area (Å²) in [6.45, 7) is 0. The molecule has 3 nitrogen and oxygen atoms in total. The second kappa shape index (κ2) is 4.86. The van der Waals surface area contributed by atoms with Crippen LogP contribution in [0.15, 0.2) is 65.6 Å². The average Bonchev–Trinajstić information content (AvgIpc) is 2.40. The van der Waals surface area contributed by atoms with Crippen LogP contribution in [0.25, 0.3) is 0 Å². The van der Waals surface area contributed by atoms with Gasteiger partial charge >= 0.3 is 0 Å². The molecule has 0 radical (unpaired) electrons. The largest absolute Gasteiger partial charge is 0.266 e. The first-order chi connectivity index (χ1) is 8.12. The van der Waals surface area contributed by atoms with Gasteiger partial charge < -0.3 is 0 Å². The van der Waals surface area contributed by atoms with Crippen LogP contribution in [0.4, 0.5) is 5.69 Å². The predicted octanol–water partition coefficient (Wildman–Crippen LogP) is 2.67. The van der Waals surface area contributed by atoms with Gasteiger partial charge in [0.2, 0.25) is 0 Å². The topological polar surface area (TPSA) is 37.4 Å². The highest BCUT2D eigenvalue weighted by Crippen LogP contribution is 2.26. The van der Waals surface area contributed by atoms with Crippen molar-refractivity contribution >= 4 is 25.1 Å². The second-order valence-corrected chi connectivity index (χ2v) is 6.16. The van der Waals surface area contributed by atoms with Crippen LogP contribution < -0.4 is 4.08 Å². The zero-order chi connectivity index (χ0) is 12.3. The fraction of sp³-hybridized carbons (Fsp3) is 0. The fourth-order valence-electron chi connectivity index (χ4n) is 1.42. The van der Waals surface area contributed by atoms with Gasteiger partial charge in [-0.3, -0.25) is 4.08 Å². The maximum atomic E-state index is 12.2. The minimum absolute atomic E-state index is 0.277. The number of sulfonamides is 1. The van der Waals surface area contributed by atoms with Crippen molar-refractivity contribution in [2.45, 2.75) is 4.90 Å². The molecule has 0 saturated heterocycles. The molecule has 2 aromatic carbocycles. The number of hydrogen-bond acceptors (Lipinski definition) is 2. The number of anilines is 1. The van der Waals surface area contributed by atoms with Crippen molar-refractivity contribution in [3.8, 4) is 0 Å². The number of benzene rings is 2. The summed E-state index contributed by atoms with van der Waals surface area (Å²) in [6, 6.07) is 17.3. The molecule has 2 rings (SSSR count). The number of hydrogen-bond donors (Lipinski definition) is 0. The first-order valence-electron chi connectivity index (χ1n) is 5.02. The Morgan fingerprint density at radius 3 is 1.82 bits per heavy atom. The van der Waals surface area contributed by atoms with Gasteiger partial charge in [0.05, 0.1) is 10.6 Å². The molecule has 0 aliphatic rings. The molecule has 0 aromatic heterocycles. The lowest BCUT2D eigenvalue weighted by Crippen LogP contribution is -2.20. The summed E-state index contributed by atoms with van der Waals surface area (Å²) < 4.78 is 25.7. The fourth-order valence-corrected chi connectivity index (χ4v) is 3.08. The van der Waals surface area contributed by atoms with E-state index in [1.54, 1.807) is 54.6 Å². The molecule has 0 N–H and O–H groups in total. The van der Waals surface area contributed by atoms with Crippen LogP contribution in [-0.4, -0.2) is 8.42 Å². The third-order valence-electron chi connectivity index (χ3n) is 2.31. The van der Waals surface area contributed by atoms with E-state index in [9.17, 15) is 8.42 Å². The van der Waals surface area contributed by atoms with Crippen LogP contribution in [0.5, 0.6) is 0 Å². The lowest BCUT2D eigenvalue weighted by molar-refractivity contribution is 0.598. The number of para-hydroxylation sites is 1. The Morgan fingerprint density at radius 2 is 1.29 bits per heavy atom. The Balaban J connectivity index is 2.41. The highest BCUT2D eigenvalue weighted by molar-refractivity contribution is 7.96. The molecule has 2 aromatic rings. The summed E-state index contributed by atoms with van der Waals surface area (Å²) >= 11 is 0. The highest BCUT2D eigenvalue weighted by atomic mass is 32.2. The van der Waals surface area contributed by atoms with Crippen LogP contribution in [0.1, 0.15) is 0 Å². The molecule has 0 fully saturated rings. The summed E-state index contributed by atoms with van der Waals surface area (Å²) in [4.78, 5) is 0.277. The third kappa shape index (κ3) is 2.48. The number of rotatable bonds is 3. The van der Waals surface area contributed by atoms with Crippen molar-refractivity contribution in [1.29, 1.82) is 0 Å². The molecule has 0 aliphatic carbocycles. The van der Waals surface area contributed by atoms with Crippen LogP contribution in [0.3, 0.4) is 0 Å². The van der Waals surface area contributed by atoms with E-state index in [0.717, 1.165) is 0 Å². The van der Waals surface area contributed by atoms with Gasteiger partial charge in [-0.1, -0.05) is 36.4 Å². The van der Waals surface area contributed by atoms with Crippen molar-refractivity contribution < 1.29 is 8.42 Å². The molecule has 5 heteroatoms. The maximum absolute atomic E-state index is 12.2. The van der Waals surface area contributed by atoms with Crippen molar-refractivity contribution in [2.75, 3.05) is 4.08 Å². The molecule has 1 atom stereocenters. The summed E-state index contributed by atoms with van der Waals surface area (Å²) in [6.07, 6.45) is 0. The normalized spacial score (nSPS) is 11.1. The average molecular weight is 265 g/mol. The summed E-state index contributed by atoms with van der Waals surface area (Å²) in [7, 11) is -1.26. The Morgan fingerprint density at radius 1 is 0.824 bits per heavy atom. The van der Waals surface area contributed by atoms with E-state index in [-0.39, 0.29) is 4.90 Å². The van der Waals surface area contributed by atoms with E-state index in [1.807, 2.05) is 6.07 Å².